The van der Waals surface area contributed by atoms with Crippen molar-refractivity contribution in [2.45, 2.75) is 39.5 Å². The number of anilines is 1. The molecule has 0 saturated heterocycles. The maximum absolute atomic E-state index is 12.3. The summed E-state index contributed by atoms with van der Waals surface area (Å²) in [5, 5.41) is 2.89. The second-order valence-corrected chi connectivity index (χ2v) is 8.16. The minimum Gasteiger partial charge on any atom is -0.496 e. The number of hydrogen-bond acceptors (Lipinski definition) is 5. The molecule has 1 unspecified atom stereocenters. The summed E-state index contributed by atoms with van der Waals surface area (Å²) < 4.78 is 17.1. The standard InChI is InChI=1S/C24H28N2O4/c1-7-29-23(27)25-22-21-15(20-17(28-6)9-8-10-18(20)30-22)11-12-16-19(21)14(2)13-24(3,4)26(16)5/h8-13,22H,7H2,1-6H3,(H,25,27). The number of carbonyl (C=O) groups is 1. The van der Waals surface area contributed by atoms with Gasteiger partial charge in [0.05, 0.1) is 24.8 Å². The molecular weight excluding hydrogens is 380 g/mol. The molecule has 2 heterocycles. The molecule has 2 aromatic carbocycles. The van der Waals surface area contributed by atoms with Gasteiger partial charge in [-0.3, -0.25) is 5.32 Å². The van der Waals surface area contributed by atoms with Gasteiger partial charge in [0.2, 0.25) is 6.23 Å². The molecule has 2 aromatic rings. The highest BCUT2D eigenvalue weighted by Gasteiger charge is 2.37. The van der Waals surface area contributed by atoms with Crippen molar-refractivity contribution in [3.8, 4) is 22.6 Å². The van der Waals surface area contributed by atoms with Crippen molar-refractivity contribution in [3.63, 3.8) is 0 Å². The molecule has 2 aliphatic heterocycles. The quantitative estimate of drug-likeness (QED) is 0.763. The van der Waals surface area contributed by atoms with Gasteiger partial charge in [-0.25, -0.2) is 4.79 Å². The molecule has 1 atom stereocenters. The summed E-state index contributed by atoms with van der Waals surface area (Å²) in [7, 11) is 3.73. The fourth-order valence-corrected chi connectivity index (χ4v) is 4.41. The Morgan fingerprint density at radius 3 is 2.70 bits per heavy atom. The van der Waals surface area contributed by atoms with E-state index in [0.717, 1.165) is 39.3 Å². The summed E-state index contributed by atoms with van der Waals surface area (Å²) in [5.41, 5.74) is 5.95. The van der Waals surface area contributed by atoms with E-state index < -0.39 is 12.3 Å². The van der Waals surface area contributed by atoms with E-state index in [9.17, 15) is 4.79 Å². The van der Waals surface area contributed by atoms with Gasteiger partial charge in [-0.15, -0.1) is 0 Å². The van der Waals surface area contributed by atoms with Crippen molar-refractivity contribution in [3.05, 3.63) is 47.5 Å². The molecule has 0 saturated carbocycles. The Bertz CT molecular complexity index is 1040. The van der Waals surface area contributed by atoms with E-state index >= 15 is 0 Å². The van der Waals surface area contributed by atoms with Crippen molar-refractivity contribution in [1.29, 1.82) is 0 Å². The van der Waals surface area contributed by atoms with Crippen LogP contribution in [0.15, 0.2) is 36.4 Å². The Kier molecular flexibility index (Phi) is 4.88. The third-order valence-electron chi connectivity index (χ3n) is 5.92. The molecule has 0 bridgehead atoms. The van der Waals surface area contributed by atoms with E-state index in [1.54, 1.807) is 14.0 Å². The molecule has 0 aromatic heterocycles. The molecule has 2 aliphatic rings. The van der Waals surface area contributed by atoms with Gasteiger partial charge in [0.15, 0.2) is 0 Å². The first kappa shape index (κ1) is 20.1. The molecule has 1 amide bonds. The number of benzene rings is 2. The number of fused-ring (bicyclic) bond motifs is 5. The predicted octanol–water partition coefficient (Wildman–Crippen LogP) is 5.13. The number of hydrogen-bond donors (Lipinski definition) is 1. The number of nitrogens with one attached hydrogen (secondary N) is 1. The highest BCUT2D eigenvalue weighted by Crippen LogP contribution is 2.52. The van der Waals surface area contributed by atoms with Crippen molar-refractivity contribution in [1.82, 2.24) is 5.32 Å². The van der Waals surface area contributed by atoms with Gasteiger partial charge in [0.25, 0.3) is 0 Å². The predicted molar refractivity (Wildman–Crippen MR) is 118 cm³/mol. The fourth-order valence-electron chi connectivity index (χ4n) is 4.41. The summed E-state index contributed by atoms with van der Waals surface area (Å²) in [6.07, 6.45) is 1.06. The van der Waals surface area contributed by atoms with Gasteiger partial charge in [-0.2, -0.15) is 0 Å². The monoisotopic (exact) mass is 408 g/mol. The largest absolute Gasteiger partial charge is 0.496 e. The Morgan fingerprint density at radius 1 is 1.23 bits per heavy atom. The van der Waals surface area contributed by atoms with Gasteiger partial charge in [0, 0.05) is 23.9 Å². The fraction of sp³-hybridized carbons (Fsp3) is 0.375. The minimum atomic E-state index is -0.674. The van der Waals surface area contributed by atoms with E-state index in [0.29, 0.717) is 12.4 Å². The summed E-state index contributed by atoms with van der Waals surface area (Å²) in [6.45, 7) is 8.54. The van der Waals surface area contributed by atoms with Crippen LogP contribution in [0.25, 0.3) is 16.7 Å². The Hall–Kier alpha value is -3.15. The first-order valence-electron chi connectivity index (χ1n) is 10.2. The van der Waals surface area contributed by atoms with Crippen LogP contribution in [0.2, 0.25) is 0 Å². The van der Waals surface area contributed by atoms with Crippen LogP contribution in [-0.4, -0.2) is 32.4 Å². The van der Waals surface area contributed by atoms with E-state index in [1.807, 2.05) is 18.2 Å². The topological polar surface area (TPSA) is 60.0 Å². The number of alkyl carbamates (subject to hydrolysis) is 1. The van der Waals surface area contributed by atoms with Crippen LogP contribution in [0, 0.1) is 0 Å². The Labute approximate surface area is 177 Å². The number of likely N-dealkylation sites (N-methyl/N-ethyl adjacent to an activating group) is 1. The second-order valence-electron chi connectivity index (χ2n) is 8.16. The Morgan fingerprint density at radius 2 is 2.00 bits per heavy atom. The third kappa shape index (κ3) is 3.07. The zero-order valence-electron chi connectivity index (χ0n) is 18.3. The van der Waals surface area contributed by atoms with Crippen LogP contribution >= 0.6 is 0 Å². The maximum Gasteiger partial charge on any atom is 0.410 e. The SMILES string of the molecule is CCOC(=O)NC1Oc2cccc(OC)c2-c2ccc3c(c21)C(C)=CC(C)(C)N3C. The van der Waals surface area contributed by atoms with Gasteiger partial charge >= 0.3 is 6.09 Å². The molecular formula is C24H28N2O4. The number of ether oxygens (including phenoxy) is 3. The van der Waals surface area contributed by atoms with Gasteiger partial charge in [-0.05, 0) is 57.0 Å². The zero-order valence-corrected chi connectivity index (χ0v) is 18.3. The molecule has 6 nitrogen and oxygen atoms in total. The van der Waals surface area contributed by atoms with Gasteiger partial charge < -0.3 is 19.1 Å². The highest BCUT2D eigenvalue weighted by molar-refractivity contribution is 5.92. The lowest BCUT2D eigenvalue weighted by atomic mass is 9.82. The van der Waals surface area contributed by atoms with Crippen molar-refractivity contribution >= 4 is 17.4 Å². The van der Waals surface area contributed by atoms with Crippen LogP contribution in [0.5, 0.6) is 11.5 Å². The molecule has 0 radical (unpaired) electrons. The average molecular weight is 408 g/mol. The lowest BCUT2D eigenvalue weighted by molar-refractivity contribution is 0.112. The first-order chi connectivity index (χ1) is 14.3. The smallest absolute Gasteiger partial charge is 0.410 e. The van der Waals surface area contributed by atoms with Crippen molar-refractivity contribution < 1.29 is 19.0 Å². The molecule has 30 heavy (non-hydrogen) atoms. The molecule has 1 N–H and O–H groups in total. The van der Waals surface area contributed by atoms with Crippen LogP contribution in [-0.2, 0) is 4.74 Å². The average Bonchev–Trinajstić information content (AvgIpc) is 2.70. The molecule has 4 rings (SSSR count). The van der Waals surface area contributed by atoms with Crippen molar-refractivity contribution in [2.75, 3.05) is 25.7 Å². The van der Waals surface area contributed by atoms with Crippen LogP contribution < -0.4 is 19.7 Å². The summed E-state index contributed by atoms with van der Waals surface area (Å²) in [6, 6.07) is 9.91. The molecule has 0 spiro atoms. The number of rotatable bonds is 3. The molecule has 158 valence electrons. The molecule has 0 aliphatic carbocycles. The van der Waals surface area contributed by atoms with Crippen LogP contribution in [0.1, 0.15) is 45.0 Å². The summed E-state index contributed by atoms with van der Waals surface area (Å²) in [4.78, 5) is 14.6. The zero-order chi connectivity index (χ0) is 21.6. The van der Waals surface area contributed by atoms with Crippen LogP contribution in [0.4, 0.5) is 10.5 Å². The van der Waals surface area contributed by atoms with Crippen LogP contribution in [0.3, 0.4) is 0 Å². The van der Waals surface area contributed by atoms with E-state index in [1.165, 1.54) is 0 Å². The second kappa shape index (κ2) is 7.27. The number of allylic oxidation sites excluding steroid dienone is 1. The van der Waals surface area contributed by atoms with Gasteiger partial charge in [-0.1, -0.05) is 18.2 Å². The number of amides is 1. The third-order valence-corrected chi connectivity index (χ3v) is 5.92. The molecule has 0 fully saturated rings. The van der Waals surface area contributed by atoms with E-state index in [-0.39, 0.29) is 5.54 Å². The maximum atomic E-state index is 12.3. The lowest BCUT2D eigenvalue weighted by Gasteiger charge is -2.43. The van der Waals surface area contributed by atoms with E-state index in [2.05, 4.69) is 56.2 Å². The highest BCUT2D eigenvalue weighted by atomic mass is 16.6. The van der Waals surface area contributed by atoms with Crippen molar-refractivity contribution in [2.24, 2.45) is 0 Å². The first-order valence-corrected chi connectivity index (χ1v) is 10.2. The normalized spacial score (nSPS) is 18.3. The molecule has 6 heteroatoms. The minimum absolute atomic E-state index is 0.124. The summed E-state index contributed by atoms with van der Waals surface area (Å²) >= 11 is 0. The lowest BCUT2D eigenvalue weighted by Crippen LogP contribution is -2.43. The summed E-state index contributed by atoms with van der Waals surface area (Å²) in [5.74, 6) is 1.39. The number of methoxy groups -OCH3 is 1. The number of carbonyl (C=O) groups excluding carboxylic acids is 1. The Balaban J connectivity index is 1.98. The van der Waals surface area contributed by atoms with Gasteiger partial charge in [0.1, 0.15) is 11.5 Å². The number of nitrogens with zero attached hydrogens (tertiary/aromatic N) is 1. The van der Waals surface area contributed by atoms with E-state index in [4.69, 9.17) is 14.2 Å².